The first kappa shape index (κ1) is 22.4. The predicted octanol–water partition coefficient (Wildman–Crippen LogP) is 4.77. The third-order valence-electron chi connectivity index (χ3n) is 8.25. The van der Waals surface area contributed by atoms with Crippen molar-refractivity contribution < 1.29 is 19.5 Å². The van der Waals surface area contributed by atoms with Crippen LogP contribution in [0.15, 0.2) is 12.1 Å². The fourth-order valence-electron chi connectivity index (χ4n) is 6.78. The molecule has 2 amide bonds. The van der Waals surface area contributed by atoms with Gasteiger partial charge in [0.2, 0.25) is 11.8 Å². The fourth-order valence-corrected chi connectivity index (χ4v) is 7.94. The van der Waals surface area contributed by atoms with E-state index in [9.17, 15) is 19.5 Å². The van der Waals surface area contributed by atoms with Gasteiger partial charge in [-0.05, 0) is 37.3 Å². The van der Waals surface area contributed by atoms with Crippen LogP contribution in [0.2, 0.25) is 4.34 Å². The van der Waals surface area contributed by atoms with Crippen molar-refractivity contribution in [3.05, 3.63) is 21.3 Å². The van der Waals surface area contributed by atoms with Crippen molar-refractivity contribution in [2.45, 2.75) is 88.3 Å². The van der Waals surface area contributed by atoms with Crippen molar-refractivity contribution in [3.63, 3.8) is 0 Å². The molecule has 2 saturated heterocycles. The highest BCUT2D eigenvalue weighted by Crippen LogP contribution is 2.53. The SMILES string of the molecule is O=C1C2C(c3ccc(Cl)s3)NC(CC3CCCCC3)(C(=O)O)C2C(=O)N1C1CCCCC1. The lowest BCUT2D eigenvalue weighted by atomic mass is 9.72. The molecule has 4 fully saturated rings. The molecule has 0 bridgehead atoms. The third-order valence-corrected chi connectivity index (χ3v) is 9.56. The van der Waals surface area contributed by atoms with Crippen LogP contribution in [0.4, 0.5) is 0 Å². The quantitative estimate of drug-likeness (QED) is 0.595. The molecule has 5 rings (SSSR count). The summed E-state index contributed by atoms with van der Waals surface area (Å²) in [6, 6.07) is 3.05. The number of amides is 2. The third kappa shape index (κ3) is 3.61. The molecule has 6 nitrogen and oxygen atoms in total. The number of hydrogen-bond donors (Lipinski definition) is 2. The van der Waals surface area contributed by atoms with E-state index in [0.29, 0.717) is 10.8 Å². The van der Waals surface area contributed by atoms with Crippen LogP contribution in [0.25, 0.3) is 0 Å². The summed E-state index contributed by atoms with van der Waals surface area (Å²) in [7, 11) is 0. The van der Waals surface area contributed by atoms with Gasteiger partial charge < -0.3 is 5.11 Å². The number of carbonyl (C=O) groups excluding carboxylic acids is 2. The summed E-state index contributed by atoms with van der Waals surface area (Å²) in [4.78, 5) is 42.7. The van der Waals surface area contributed by atoms with Crippen LogP contribution >= 0.6 is 22.9 Å². The van der Waals surface area contributed by atoms with E-state index < -0.39 is 29.4 Å². The van der Waals surface area contributed by atoms with Crippen molar-refractivity contribution >= 4 is 40.7 Å². The summed E-state index contributed by atoms with van der Waals surface area (Å²) < 4.78 is 0.597. The molecule has 3 heterocycles. The standard InChI is InChI=1S/C24H31ClN2O4S/c25-17-12-11-16(32-17)20-18-19(22(29)27(21(18)28)15-9-5-2-6-10-15)24(26-20,23(30)31)13-14-7-3-1-4-8-14/h11-12,14-15,18-20,26H,1-10,13H2,(H,30,31). The molecular weight excluding hydrogens is 448 g/mol. The van der Waals surface area contributed by atoms with Crippen LogP contribution in [0.5, 0.6) is 0 Å². The first-order valence-electron chi connectivity index (χ1n) is 12.1. The maximum atomic E-state index is 13.8. The zero-order valence-corrected chi connectivity index (χ0v) is 19.8. The summed E-state index contributed by atoms with van der Waals surface area (Å²) in [6.45, 7) is 0. The molecule has 1 aromatic heterocycles. The number of carboxylic acid groups (broad SMARTS) is 1. The minimum absolute atomic E-state index is 0.0944. The average Bonchev–Trinajstić information content (AvgIpc) is 3.44. The molecule has 0 aromatic carbocycles. The first-order valence-corrected chi connectivity index (χ1v) is 13.2. The Labute approximate surface area is 197 Å². The Morgan fingerprint density at radius 2 is 1.72 bits per heavy atom. The van der Waals surface area contributed by atoms with Gasteiger partial charge >= 0.3 is 5.97 Å². The maximum Gasteiger partial charge on any atom is 0.324 e. The Hall–Kier alpha value is -1.44. The van der Waals surface area contributed by atoms with Gasteiger partial charge in [0.05, 0.1) is 22.2 Å². The number of thiophene rings is 1. The lowest BCUT2D eigenvalue weighted by molar-refractivity contribution is -0.153. The lowest BCUT2D eigenvalue weighted by Crippen LogP contribution is -2.57. The Balaban J connectivity index is 1.55. The molecule has 8 heteroatoms. The van der Waals surface area contributed by atoms with E-state index in [1.54, 1.807) is 6.07 Å². The molecule has 2 aliphatic heterocycles. The number of halogens is 1. The van der Waals surface area contributed by atoms with Gasteiger partial charge in [-0.25, -0.2) is 0 Å². The largest absolute Gasteiger partial charge is 0.480 e. The van der Waals surface area contributed by atoms with Gasteiger partial charge in [-0.15, -0.1) is 11.3 Å². The van der Waals surface area contributed by atoms with Crippen LogP contribution in [0.3, 0.4) is 0 Å². The number of likely N-dealkylation sites (tertiary alicyclic amines) is 1. The van der Waals surface area contributed by atoms with E-state index in [2.05, 4.69) is 5.32 Å². The Morgan fingerprint density at radius 3 is 2.31 bits per heavy atom. The predicted molar refractivity (Wildman–Crippen MR) is 122 cm³/mol. The molecule has 0 spiro atoms. The lowest BCUT2D eigenvalue weighted by Gasteiger charge is -2.37. The summed E-state index contributed by atoms with van der Waals surface area (Å²) >= 11 is 7.56. The fraction of sp³-hybridized carbons (Fsp3) is 0.708. The van der Waals surface area contributed by atoms with Crippen LogP contribution in [-0.2, 0) is 14.4 Å². The van der Waals surface area contributed by atoms with Gasteiger partial charge in [-0.2, -0.15) is 0 Å². The van der Waals surface area contributed by atoms with Gasteiger partial charge in [-0.1, -0.05) is 63.0 Å². The molecule has 4 aliphatic rings. The average molecular weight is 479 g/mol. The van der Waals surface area contributed by atoms with Crippen molar-refractivity contribution in [1.82, 2.24) is 10.2 Å². The van der Waals surface area contributed by atoms with Gasteiger partial charge in [-0.3, -0.25) is 24.6 Å². The van der Waals surface area contributed by atoms with Crippen LogP contribution in [0, 0.1) is 17.8 Å². The topological polar surface area (TPSA) is 86.7 Å². The highest BCUT2D eigenvalue weighted by molar-refractivity contribution is 7.16. The van der Waals surface area contributed by atoms with E-state index in [0.717, 1.165) is 62.7 Å². The van der Waals surface area contributed by atoms with E-state index in [-0.39, 0.29) is 23.8 Å². The van der Waals surface area contributed by atoms with Crippen molar-refractivity contribution in [1.29, 1.82) is 0 Å². The van der Waals surface area contributed by atoms with E-state index in [4.69, 9.17) is 11.6 Å². The Bertz CT molecular complexity index is 908. The number of rotatable bonds is 5. The van der Waals surface area contributed by atoms with Gasteiger partial charge in [0.15, 0.2) is 0 Å². The minimum Gasteiger partial charge on any atom is -0.480 e. The number of hydrogen-bond acceptors (Lipinski definition) is 5. The van der Waals surface area contributed by atoms with E-state index in [1.807, 2.05) is 6.07 Å². The molecule has 4 atom stereocenters. The molecule has 2 saturated carbocycles. The number of carboxylic acids is 1. The first-order chi connectivity index (χ1) is 15.4. The van der Waals surface area contributed by atoms with Crippen LogP contribution < -0.4 is 5.32 Å². The normalized spacial score (nSPS) is 34.3. The summed E-state index contributed by atoms with van der Waals surface area (Å²) in [5, 5.41) is 13.9. The van der Waals surface area contributed by atoms with Crippen molar-refractivity contribution in [2.24, 2.45) is 17.8 Å². The van der Waals surface area contributed by atoms with Crippen molar-refractivity contribution in [2.75, 3.05) is 0 Å². The zero-order valence-electron chi connectivity index (χ0n) is 18.2. The molecular formula is C24H31ClN2O4S. The van der Waals surface area contributed by atoms with Crippen LogP contribution in [-0.4, -0.2) is 39.4 Å². The smallest absolute Gasteiger partial charge is 0.324 e. The second-order valence-corrected chi connectivity index (χ2v) is 11.8. The van der Waals surface area contributed by atoms with Crippen LogP contribution in [0.1, 0.15) is 81.5 Å². The number of carbonyl (C=O) groups is 3. The van der Waals surface area contributed by atoms with Gasteiger partial charge in [0.25, 0.3) is 0 Å². The summed E-state index contributed by atoms with van der Waals surface area (Å²) in [6.07, 6.45) is 10.5. The maximum absolute atomic E-state index is 13.8. The number of imide groups is 1. The number of nitrogens with zero attached hydrogens (tertiary/aromatic N) is 1. The highest BCUT2D eigenvalue weighted by atomic mass is 35.5. The number of fused-ring (bicyclic) bond motifs is 1. The van der Waals surface area contributed by atoms with E-state index >= 15 is 0 Å². The second-order valence-electron chi connectivity index (χ2n) is 10.1. The number of aliphatic carboxylic acids is 1. The molecule has 4 unspecified atom stereocenters. The molecule has 2 N–H and O–H groups in total. The summed E-state index contributed by atoms with van der Waals surface area (Å²) in [5.74, 6) is -2.76. The molecule has 1 aromatic rings. The monoisotopic (exact) mass is 478 g/mol. The molecule has 174 valence electrons. The highest BCUT2D eigenvalue weighted by Gasteiger charge is 2.69. The minimum atomic E-state index is -1.41. The molecule has 2 aliphatic carbocycles. The van der Waals surface area contributed by atoms with E-state index in [1.165, 1.54) is 22.7 Å². The van der Waals surface area contributed by atoms with Gasteiger partial charge in [0, 0.05) is 10.9 Å². The zero-order chi connectivity index (χ0) is 22.5. The van der Waals surface area contributed by atoms with Gasteiger partial charge in [0.1, 0.15) is 5.54 Å². The molecule has 32 heavy (non-hydrogen) atoms. The molecule has 0 radical (unpaired) electrons. The summed E-state index contributed by atoms with van der Waals surface area (Å²) in [5.41, 5.74) is -1.41. The van der Waals surface area contributed by atoms with Crippen molar-refractivity contribution in [3.8, 4) is 0 Å². The second kappa shape index (κ2) is 8.73. The Kier molecular flexibility index (Phi) is 6.10. The Morgan fingerprint density at radius 1 is 1.06 bits per heavy atom. The number of nitrogens with one attached hydrogen (secondary N) is 1.